The molecule has 124 valence electrons. The first-order valence-electron chi connectivity index (χ1n) is 7.24. The standard InChI is InChI=1S/C18H16F2N2O2/c19-15-10-14(17(21)11-16(15)20)8-4-5-9-22-18(23)24-12-13-6-2-1-3-7-13/h1-3,6-7,10-11H,5,9,12,21H2,(H,22,23). The Hall–Kier alpha value is -3.07. The molecule has 0 atom stereocenters. The van der Waals surface area contributed by atoms with Crippen LogP contribution in [0.1, 0.15) is 17.5 Å². The number of anilines is 1. The zero-order valence-corrected chi connectivity index (χ0v) is 12.8. The van der Waals surface area contributed by atoms with E-state index in [1.54, 1.807) is 0 Å². The van der Waals surface area contributed by atoms with E-state index in [4.69, 9.17) is 10.5 Å². The predicted octanol–water partition coefficient (Wildman–Crippen LogP) is 3.22. The summed E-state index contributed by atoms with van der Waals surface area (Å²) >= 11 is 0. The van der Waals surface area contributed by atoms with Gasteiger partial charge in [-0.3, -0.25) is 0 Å². The van der Waals surface area contributed by atoms with Gasteiger partial charge in [-0.1, -0.05) is 42.2 Å². The highest BCUT2D eigenvalue weighted by Crippen LogP contribution is 2.15. The normalized spacial score (nSPS) is 9.75. The Labute approximate surface area is 138 Å². The van der Waals surface area contributed by atoms with Crippen LogP contribution in [-0.2, 0) is 11.3 Å². The lowest BCUT2D eigenvalue weighted by atomic mass is 10.1. The number of carbonyl (C=O) groups is 1. The third kappa shape index (κ3) is 5.29. The van der Waals surface area contributed by atoms with E-state index >= 15 is 0 Å². The molecule has 2 aromatic rings. The smallest absolute Gasteiger partial charge is 0.407 e. The average Bonchev–Trinajstić information content (AvgIpc) is 2.58. The maximum atomic E-state index is 13.1. The van der Waals surface area contributed by atoms with Crippen molar-refractivity contribution in [3.63, 3.8) is 0 Å². The molecule has 4 nitrogen and oxygen atoms in total. The summed E-state index contributed by atoms with van der Waals surface area (Å²) in [6, 6.07) is 11.1. The molecule has 0 aliphatic heterocycles. The Bertz CT molecular complexity index is 768. The van der Waals surface area contributed by atoms with Gasteiger partial charge < -0.3 is 15.8 Å². The van der Waals surface area contributed by atoms with Gasteiger partial charge in [-0.05, 0) is 11.6 Å². The molecule has 0 unspecified atom stereocenters. The fourth-order valence-corrected chi connectivity index (χ4v) is 1.83. The molecule has 0 aromatic heterocycles. The monoisotopic (exact) mass is 330 g/mol. The largest absolute Gasteiger partial charge is 0.445 e. The van der Waals surface area contributed by atoms with Crippen LogP contribution in [-0.4, -0.2) is 12.6 Å². The number of amides is 1. The predicted molar refractivity (Wildman–Crippen MR) is 86.9 cm³/mol. The van der Waals surface area contributed by atoms with Crippen molar-refractivity contribution in [2.75, 3.05) is 12.3 Å². The van der Waals surface area contributed by atoms with Crippen molar-refractivity contribution in [1.82, 2.24) is 5.32 Å². The lowest BCUT2D eigenvalue weighted by molar-refractivity contribution is 0.140. The number of rotatable bonds is 4. The van der Waals surface area contributed by atoms with Crippen LogP contribution >= 0.6 is 0 Å². The van der Waals surface area contributed by atoms with Crippen LogP contribution < -0.4 is 11.1 Å². The highest BCUT2D eigenvalue weighted by atomic mass is 19.2. The van der Waals surface area contributed by atoms with Crippen LogP contribution in [0, 0.1) is 23.5 Å². The minimum atomic E-state index is -1.01. The summed E-state index contributed by atoms with van der Waals surface area (Å²) in [5, 5.41) is 2.55. The Morgan fingerprint density at radius 1 is 1.17 bits per heavy atom. The third-order valence-corrected chi connectivity index (χ3v) is 3.05. The van der Waals surface area contributed by atoms with E-state index in [2.05, 4.69) is 17.2 Å². The van der Waals surface area contributed by atoms with E-state index < -0.39 is 17.7 Å². The fourth-order valence-electron chi connectivity index (χ4n) is 1.83. The maximum Gasteiger partial charge on any atom is 0.407 e. The molecule has 0 aliphatic carbocycles. The van der Waals surface area contributed by atoms with Gasteiger partial charge in [-0.15, -0.1) is 0 Å². The first-order chi connectivity index (χ1) is 11.6. The van der Waals surface area contributed by atoms with Gasteiger partial charge in [0.25, 0.3) is 0 Å². The molecule has 0 bridgehead atoms. The van der Waals surface area contributed by atoms with Gasteiger partial charge >= 0.3 is 6.09 Å². The lowest BCUT2D eigenvalue weighted by Crippen LogP contribution is -2.24. The number of hydrogen-bond acceptors (Lipinski definition) is 3. The SMILES string of the molecule is Nc1cc(F)c(F)cc1C#CCCNC(=O)OCc1ccccc1. The molecule has 0 fully saturated rings. The number of benzene rings is 2. The second kappa shape index (κ2) is 8.53. The molecular formula is C18H16F2N2O2. The van der Waals surface area contributed by atoms with Gasteiger partial charge in [0.15, 0.2) is 11.6 Å². The van der Waals surface area contributed by atoms with Crippen LogP contribution in [0.5, 0.6) is 0 Å². The molecule has 1 amide bonds. The average molecular weight is 330 g/mol. The minimum Gasteiger partial charge on any atom is -0.445 e. The second-order valence-electron chi connectivity index (χ2n) is 4.89. The zero-order valence-electron chi connectivity index (χ0n) is 12.8. The van der Waals surface area contributed by atoms with Crippen LogP contribution in [0.4, 0.5) is 19.3 Å². The summed E-state index contributed by atoms with van der Waals surface area (Å²) in [4.78, 5) is 11.5. The Balaban J connectivity index is 1.73. The van der Waals surface area contributed by atoms with Crippen molar-refractivity contribution in [3.8, 4) is 11.8 Å². The van der Waals surface area contributed by atoms with Gasteiger partial charge in [0.05, 0.1) is 11.3 Å². The van der Waals surface area contributed by atoms with Crippen LogP contribution in [0.15, 0.2) is 42.5 Å². The molecule has 24 heavy (non-hydrogen) atoms. The number of alkyl carbamates (subject to hydrolysis) is 1. The Kier molecular flexibility index (Phi) is 6.15. The van der Waals surface area contributed by atoms with Crippen LogP contribution in [0.25, 0.3) is 0 Å². The molecule has 0 aliphatic rings. The summed E-state index contributed by atoms with van der Waals surface area (Å²) in [5.41, 5.74) is 6.71. The van der Waals surface area contributed by atoms with Crippen molar-refractivity contribution in [2.24, 2.45) is 0 Å². The number of nitrogens with one attached hydrogen (secondary N) is 1. The van der Waals surface area contributed by atoms with E-state index in [9.17, 15) is 13.6 Å². The van der Waals surface area contributed by atoms with Crippen molar-refractivity contribution >= 4 is 11.8 Å². The van der Waals surface area contributed by atoms with E-state index in [1.807, 2.05) is 30.3 Å². The van der Waals surface area contributed by atoms with Crippen molar-refractivity contribution < 1.29 is 18.3 Å². The third-order valence-electron chi connectivity index (χ3n) is 3.05. The number of nitrogens with two attached hydrogens (primary N) is 1. The van der Waals surface area contributed by atoms with E-state index in [-0.39, 0.29) is 24.4 Å². The second-order valence-corrected chi connectivity index (χ2v) is 4.89. The summed E-state index contributed by atoms with van der Waals surface area (Å²) in [7, 11) is 0. The fraction of sp³-hybridized carbons (Fsp3) is 0.167. The van der Waals surface area contributed by atoms with Crippen molar-refractivity contribution in [2.45, 2.75) is 13.0 Å². The summed E-state index contributed by atoms with van der Waals surface area (Å²) in [6.07, 6.45) is -0.230. The molecule has 6 heteroatoms. The number of hydrogen-bond donors (Lipinski definition) is 2. The molecule has 0 spiro atoms. The zero-order chi connectivity index (χ0) is 17.4. The van der Waals surface area contributed by atoms with Gasteiger partial charge in [0.2, 0.25) is 0 Å². The van der Waals surface area contributed by atoms with Crippen molar-refractivity contribution in [3.05, 3.63) is 65.2 Å². The van der Waals surface area contributed by atoms with E-state index in [0.717, 1.165) is 17.7 Å². The highest BCUT2D eigenvalue weighted by molar-refractivity contribution is 5.67. The molecule has 2 aromatic carbocycles. The maximum absolute atomic E-state index is 13.1. The lowest BCUT2D eigenvalue weighted by Gasteiger charge is -2.05. The topological polar surface area (TPSA) is 64.3 Å². The van der Waals surface area contributed by atoms with Gasteiger partial charge in [-0.25, -0.2) is 13.6 Å². The van der Waals surface area contributed by atoms with E-state index in [1.165, 1.54) is 0 Å². The first-order valence-corrected chi connectivity index (χ1v) is 7.24. The van der Waals surface area contributed by atoms with Crippen LogP contribution in [0.3, 0.4) is 0 Å². The number of carbonyl (C=O) groups excluding carboxylic acids is 1. The molecule has 0 saturated carbocycles. The summed E-state index contributed by atoms with van der Waals surface area (Å²) in [5.74, 6) is 3.35. The van der Waals surface area contributed by atoms with Gasteiger partial charge in [0, 0.05) is 19.0 Å². The number of nitrogen functional groups attached to an aromatic ring is 1. The highest BCUT2D eigenvalue weighted by Gasteiger charge is 2.05. The molecule has 0 saturated heterocycles. The quantitative estimate of drug-likeness (QED) is 0.514. The first kappa shape index (κ1) is 17.3. The molecule has 2 rings (SSSR count). The van der Waals surface area contributed by atoms with Gasteiger partial charge in [-0.2, -0.15) is 0 Å². The van der Waals surface area contributed by atoms with Crippen LogP contribution in [0.2, 0.25) is 0 Å². The minimum absolute atomic E-state index is 0.0663. The molecular weight excluding hydrogens is 314 g/mol. The molecule has 0 radical (unpaired) electrons. The van der Waals surface area contributed by atoms with Crippen molar-refractivity contribution in [1.29, 1.82) is 0 Å². The number of halogens is 2. The Morgan fingerprint density at radius 3 is 2.62 bits per heavy atom. The summed E-state index contributed by atoms with van der Waals surface area (Å²) in [6.45, 7) is 0.452. The Morgan fingerprint density at radius 2 is 1.88 bits per heavy atom. The van der Waals surface area contributed by atoms with Gasteiger partial charge in [0.1, 0.15) is 6.61 Å². The number of ether oxygens (including phenoxy) is 1. The molecule has 0 heterocycles. The molecule has 3 N–H and O–H groups in total. The van der Waals surface area contributed by atoms with E-state index in [0.29, 0.717) is 6.42 Å². The summed E-state index contributed by atoms with van der Waals surface area (Å²) < 4.78 is 31.0.